The molecule has 102 valence electrons. The van der Waals surface area contributed by atoms with Gasteiger partial charge in [0.25, 0.3) is 5.69 Å². The van der Waals surface area contributed by atoms with Crippen LogP contribution < -0.4 is 10.6 Å². The number of nitrogens with one attached hydrogen (secondary N) is 2. The number of hydrogen-bond acceptors (Lipinski definition) is 4. The zero-order valence-electron chi connectivity index (χ0n) is 11.1. The zero-order chi connectivity index (χ0) is 13.4. The standard InChI is InChI=1S/C14H19N3O2/c1-15-11-6-12(8-13(7-11)17(18)19)16-14(9-2-3-9)10-4-5-10/h6-10,14-16H,2-5H2,1H3. The molecule has 19 heavy (non-hydrogen) atoms. The number of nitro groups is 1. The lowest BCUT2D eigenvalue weighted by atomic mass is 10.1. The third kappa shape index (κ3) is 2.80. The summed E-state index contributed by atoms with van der Waals surface area (Å²) in [4.78, 5) is 10.6. The molecule has 0 bridgehead atoms. The summed E-state index contributed by atoms with van der Waals surface area (Å²) >= 11 is 0. The van der Waals surface area contributed by atoms with Gasteiger partial charge >= 0.3 is 0 Å². The van der Waals surface area contributed by atoms with Crippen molar-refractivity contribution >= 4 is 17.1 Å². The van der Waals surface area contributed by atoms with E-state index < -0.39 is 0 Å². The van der Waals surface area contributed by atoms with E-state index in [2.05, 4.69) is 10.6 Å². The lowest BCUT2D eigenvalue weighted by Gasteiger charge is -2.19. The number of nitrogens with zero attached hydrogens (tertiary/aromatic N) is 1. The summed E-state index contributed by atoms with van der Waals surface area (Å²) in [5.74, 6) is 1.54. The van der Waals surface area contributed by atoms with E-state index in [1.54, 1.807) is 19.2 Å². The fraction of sp³-hybridized carbons (Fsp3) is 0.571. The molecule has 0 saturated heterocycles. The van der Waals surface area contributed by atoms with E-state index in [0.717, 1.165) is 23.2 Å². The first-order chi connectivity index (χ1) is 9.17. The van der Waals surface area contributed by atoms with Crippen molar-refractivity contribution in [2.45, 2.75) is 31.7 Å². The van der Waals surface area contributed by atoms with Crippen LogP contribution >= 0.6 is 0 Å². The summed E-state index contributed by atoms with van der Waals surface area (Å²) < 4.78 is 0. The molecule has 1 aromatic rings. The number of non-ortho nitro benzene ring substituents is 1. The van der Waals surface area contributed by atoms with E-state index in [-0.39, 0.29) is 10.6 Å². The van der Waals surface area contributed by atoms with Gasteiger partial charge in [0.15, 0.2) is 0 Å². The first kappa shape index (κ1) is 12.3. The van der Waals surface area contributed by atoms with Crippen molar-refractivity contribution in [3.8, 4) is 0 Å². The Hall–Kier alpha value is -1.78. The van der Waals surface area contributed by atoms with E-state index in [1.165, 1.54) is 25.7 Å². The normalized spacial score (nSPS) is 18.4. The molecule has 0 spiro atoms. The maximum absolute atomic E-state index is 10.9. The second kappa shape index (κ2) is 4.72. The van der Waals surface area contributed by atoms with Gasteiger partial charge in [0.2, 0.25) is 0 Å². The highest BCUT2D eigenvalue weighted by molar-refractivity contribution is 5.63. The molecule has 2 fully saturated rings. The summed E-state index contributed by atoms with van der Waals surface area (Å²) in [5.41, 5.74) is 1.78. The lowest BCUT2D eigenvalue weighted by Crippen LogP contribution is -2.24. The smallest absolute Gasteiger partial charge is 0.273 e. The van der Waals surface area contributed by atoms with E-state index in [0.29, 0.717) is 6.04 Å². The van der Waals surface area contributed by atoms with E-state index in [9.17, 15) is 10.1 Å². The van der Waals surface area contributed by atoms with Gasteiger partial charge in [-0.05, 0) is 43.6 Å². The number of anilines is 2. The van der Waals surface area contributed by atoms with Gasteiger partial charge in [-0.15, -0.1) is 0 Å². The van der Waals surface area contributed by atoms with E-state index in [1.807, 2.05) is 6.07 Å². The Balaban J connectivity index is 1.82. The number of rotatable bonds is 6. The molecule has 0 atom stereocenters. The van der Waals surface area contributed by atoms with Crippen LogP contribution in [0, 0.1) is 22.0 Å². The molecule has 1 aromatic carbocycles. The van der Waals surface area contributed by atoms with Crippen LogP contribution in [0.1, 0.15) is 25.7 Å². The molecule has 2 aliphatic carbocycles. The fourth-order valence-electron chi connectivity index (χ4n) is 2.67. The molecular weight excluding hydrogens is 242 g/mol. The van der Waals surface area contributed by atoms with Crippen molar-refractivity contribution in [3.63, 3.8) is 0 Å². The number of benzene rings is 1. The highest BCUT2D eigenvalue weighted by Crippen LogP contribution is 2.46. The molecule has 5 heteroatoms. The topological polar surface area (TPSA) is 67.2 Å². The van der Waals surface area contributed by atoms with Crippen molar-refractivity contribution in [1.29, 1.82) is 0 Å². The maximum atomic E-state index is 10.9. The Morgan fingerprint density at radius 2 is 1.74 bits per heavy atom. The van der Waals surface area contributed by atoms with Crippen LogP contribution in [-0.2, 0) is 0 Å². The molecule has 0 aliphatic heterocycles. The van der Waals surface area contributed by atoms with Crippen molar-refractivity contribution in [2.75, 3.05) is 17.7 Å². The molecule has 0 heterocycles. The average molecular weight is 261 g/mol. The summed E-state index contributed by atoms with van der Waals surface area (Å²) in [6.07, 6.45) is 5.17. The van der Waals surface area contributed by atoms with Gasteiger partial charge in [0.1, 0.15) is 0 Å². The number of hydrogen-bond donors (Lipinski definition) is 2. The molecule has 0 aromatic heterocycles. The van der Waals surface area contributed by atoms with Crippen LogP contribution in [-0.4, -0.2) is 18.0 Å². The zero-order valence-corrected chi connectivity index (χ0v) is 11.1. The van der Waals surface area contributed by atoms with Gasteiger partial charge in [0.05, 0.1) is 4.92 Å². The molecule has 3 rings (SSSR count). The van der Waals surface area contributed by atoms with Gasteiger partial charge < -0.3 is 10.6 Å². The number of nitro benzene ring substituents is 1. The van der Waals surface area contributed by atoms with Crippen LogP contribution in [0.5, 0.6) is 0 Å². The predicted molar refractivity (Wildman–Crippen MR) is 75.5 cm³/mol. The van der Waals surface area contributed by atoms with Gasteiger partial charge in [-0.3, -0.25) is 10.1 Å². The van der Waals surface area contributed by atoms with Gasteiger partial charge in [-0.2, -0.15) is 0 Å². The monoisotopic (exact) mass is 261 g/mol. The molecule has 2 saturated carbocycles. The third-order valence-corrected chi connectivity index (χ3v) is 4.01. The molecular formula is C14H19N3O2. The van der Waals surface area contributed by atoms with Crippen molar-refractivity contribution < 1.29 is 4.92 Å². The lowest BCUT2D eigenvalue weighted by molar-refractivity contribution is -0.384. The third-order valence-electron chi connectivity index (χ3n) is 4.01. The van der Waals surface area contributed by atoms with Crippen LogP contribution in [0.3, 0.4) is 0 Å². The van der Waals surface area contributed by atoms with Gasteiger partial charge in [0, 0.05) is 36.6 Å². The SMILES string of the molecule is CNc1cc(NC(C2CC2)C2CC2)cc([N+](=O)[O-])c1. The minimum Gasteiger partial charge on any atom is -0.388 e. The molecule has 0 unspecified atom stereocenters. The maximum Gasteiger partial charge on any atom is 0.273 e. The second-order valence-corrected chi connectivity index (χ2v) is 5.62. The predicted octanol–water partition coefficient (Wildman–Crippen LogP) is 3.24. The minimum atomic E-state index is -0.338. The highest BCUT2D eigenvalue weighted by atomic mass is 16.6. The van der Waals surface area contributed by atoms with Crippen LogP contribution in [0.4, 0.5) is 17.1 Å². The molecule has 2 aliphatic rings. The largest absolute Gasteiger partial charge is 0.388 e. The van der Waals surface area contributed by atoms with Crippen molar-refractivity contribution in [3.05, 3.63) is 28.3 Å². The minimum absolute atomic E-state index is 0.139. The van der Waals surface area contributed by atoms with Crippen LogP contribution in [0.2, 0.25) is 0 Å². The van der Waals surface area contributed by atoms with Crippen molar-refractivity contribution in [2.24, 2.45) is 11.8 Å². The Kier molecular flexibility index (Phi) is 3.05. The molecule has 0 radical (unpaired) electrons. The summed E-state index contributed by atoms with van der Waals surface area (Å²) in [6.45, 7) is 0. The van der Waals surface area contributed by atoms with Gasteiger partial charge in [-0.25, -0.2) is 0 Å². The first-order valence-electron chi connectivity index (χ1n) is 6.91. The van der Waals surface area contributed by atoms with Gasteiger partial charge in [-0.1, -0.05) is 0 Å². The molecule has 2 N–H and O–H groups in total. The Morgan fingerprint density at radius 3 is 2.21 bits per heavy atom. The quantitative estimate of drug-likeness (QED) is 0.609. The Bertz CT molecular complexity index is 483. The average Bonchev–Trinajstić information content (AvgIpc) is 3.28. The fourth-order valence-corrected chi connectivity index (χ4v) is 2.67. The summed E-state index contributed by atoms with van der Waals surface area (Å²) in [5, 5.41) is 17.5. The molecule has 5 nitrogen and oxygen atoms in total. The molecule has 0 amide bonds. The first-order valence-corrected chi connectivity index (χ1v) is 6.91. The Labute approximate surface area is 112 Å². The van der Waals surface area contributed by atoms with E-state index in [4.69, 9.17) is 0 Å². The van der Waals surface area contributed by atoms with Crippen molar-refractivity contribution in [1.82, 2.24) is 0 Å². The highest BCUT2D eigenvalue weighted by Gasteiger charge is 2.41. The Morgan fingerprint density at radius 1 is 1.16 bits per heavy atom. The van der Waals surface area contributed by atoms with Crippen LogP contribution in [0.25, 0.3) is 0 Å². The second-order valence-electron chi connectivity index (χ2n) is 5.62. The summed E-state index contributed by atoms with van der Waals surface area (Å²) in [6, 6.07) is 5.66. The summed E-state index contributed by atoms with van der Waals surface area (Å²) in [7, 11) is 1.78. The van der Waals surface area contributed by atoms with Crippen LogP contribution in [0.15, 0.2) is 18.2 Å². The van der Waals surface area contributed by atoms with E-state index >= 15 is 0 Å².